The number of carboxylic acids is 1. The van der Waals surface area contributed by atoms with Gasteiger partial charge in [0, 0.05) is 17.3 Å². The lowest BCUT2D eigenvalue weighted by atomic mass is 10.1. The molecule has 2 rings (SSSR count). The minimum absolute atomic E-state index is 0.0198. The van der Waals surface area contributed by atoms with E-state index >= 15 is 0 Å². The maximum Gasteiger partial charge on any atom is 0.354 e. The smallest absolute Gasteiger partial charge is 0.354 e. The maximum absolute atomic E-state index is 10.7. The van der Waals surface area contributed by atoms with E-state index in [0.717, 1.165) is 22.6 Å². The SMILES string of the molecule is COc1c(C)cnc(COc2ccc(C(=O)O)nc2)c1C. The molecule has 1 N–H and O–H groups in total. The van der Waals surface area contributed by atoms with Crippen LogP contribution in [-0.4, -0.2) is 28.2 Å². The Morgan fingerprint density at radius 2 is 2.00 bits per heavy atom. The molecule has 0 bridgehead atoms. The van der Waals surface area contributed by atoms with Crippen molar-refractivity contribution in [1.82, 2.24) is 9.97 Å². The molecule has 0 aliphatic carbocycles. The number of rotatable bonds is 5. The summed E-state index contributed by atoms with van der Waals surface area (Å²) >= 11 is 0. The van der Waals surface area contributed by atoms with Gasteiger partial charge in [-0.2, -0.15) is 0 Å². The van der Waals surface area contributed by atoms with E-state index < -0.39 is 5.97 Å². The van der Waals surface area contributed by atoms with E-state index in [1.54, 1.807) is 19.4 Å². The topological polar surface area (TPSA) is 81.5 Å². The molecule has 0 fully saturated rings. The fraction of sp³-hybridized carbons (Fsp3) is 0.267. The van der Waals surface area contributed by atoms with Crippen molar-refractivity contribution in [2.45, 2.75) is 20.5 Å². The number of aromatic carboxylic acids is 1. The molecule has 0 aromatic carbocycles. The van der Waals surface area contributed by atoms with E-state index in [1.165, 1.54) is 12.3 Å². The van der Waals surface area contributed by atoms with Crippen molar-refractivity contribution in [3.63, 3.8) is 0 Å². The Balaban J connectivity index is 2.11. The summed E-state index contributed by atoms with van der Waals surface area (Å²) in [4.78, 5) is 18.8. The van der Waals surface area contributed by atoms with E-state index in [0.29, 0.717) is 5.75 Å². The Bertz CT molecular complexity index is 653. The van der Waals surface area contributed by atoms with Crippen molar-refractivity contribution in [1.29, 1.82) is 0 Å². The molecule has 0 aliphatic rings. The molecule has 0 amide bonds. The second-order valence-corrected chi connectivity index (χ2v) is 4.52. The third-order valence-corrected chi connectivity index (χ3v) is 3.08. The highest BCUT2D eigenvalue weighted by Gasteiger charge is 2.10. The summed E-state index contributed by atoms with van der Waals surface area (Å²) in [6, 6.07) is 2.96. The number of pyridine rings is 2. The van der Waals surface area contributed by atoms with Gasteiger partial charge in [-0.1, -0.05) is 0 Å². The molecule has 0 aliphatic heterocycles. The second kappa shape index (κ2) is 6.21. The summed E-state index contributed by atoms with van der Waals surface area (Å²) in [5.74, 6) is 0.214. The van der Waals surface area contributed by atoms with Gasteiger partial charge in [0.05, 0.1) is 19.0 Å². The Kier molecular flexibility index (Phi) is 4.37. The predicted molar refractivity (Wildman–Crippen MR) is 75.8 cm³/mol. The quantitative estimate of drug-likeness (QED) is 0.909. The minimum Gasteiger partial charge on any atom is -0.496 e. The number of nitrogens with zero attached hydrogens (tertiary/aromatic N) is 2. The summed E-state index contributed by atoms with van der Waals surface area (Å²) < 4.78 is 10.9. The van der Waals surface area contributed by atoms with Crippen LogP contribution in [0.1, 0.15) is 27.3 Å². The fourth-order valence-electron chi connectivity index (χ4n) is 1.96. The van der Waals surface area contributed by atoms with Gasteiger partial charge in [0.25, 0.3) is 0 Å². The molecular weight excluding hydrogens is 272 g/mol. The van der Waals surface area contributed by atoms with Crippen molar-refractivity contribution in [3.05, 3.63) is 47.0 Å². The van der Waals surface area contributed by atoms with Crippen LogP contribution in [0.5, 0.6) is 11.5 Å². The van der Waals surface area contributed by atoms with Crippen LogP contribution in [0.2, 0.25) is 0 Å². The lowest BCUT2D eigenvalue weighted by Gasteiger charge is -2.12. The zero-order valence-electron chi connectivity index (χ0n) is 12.1. The molecule has 2 aromatic rings. The molecule has 2 aromatic heterocycles. The maximum atomic E-state index is 10.7. The summed E-state index contributed by atoms with van der Waals surface area (Å²) in [5.41, 5.74) is 2.63. The molecule has 0 atom stereocenters. The zero-order valence-corrected chi connectivity index (χ0v) is 12.1. The first-order chi connectivity index (χ1) is 10.0. The van der Waals surface area contributed by atoms with Crippen molar-refractivity contribution >= 4 is 5.97 Å². The highest BCUT2D eigenvalue weighted by molar-refractivity contribution is 5.85. The molecule has 0 unspecified atom stereocenters. The monoisotopic (exact) mass is 288 g/mol. The van der Waals surface area contributed by atoms with E-state index in [2.05, 4.69) is 9.97 Å². The van der Waals surface area contributed by atoms with Gasteiger partial charge in [-0.3, -0.25) is 4.98 Å². The molecule has 6 heteroatoms. The standard InChI is InChI=1S/C15H16N2O4/c1-9-6-16-13(10(2)14(9)20-3)8-21-11-4-5-12(15(18)19)17-7-11/h4-7H,8H2,1-3H3,(H,18,19). The number of ether oxygens (including phenoxy) is 2. The zero-order chi connectivity index (χ0) is 15.4. The van der Waals surface area contributed by atoms with Gasteiger partial charge >= 0.3 is 5.97 Å². The highest BCUT2D eigenvalue weighted by atomic mass is 16.5. The first-order valence-electron chi connectivity index (χ1n) is 6.34. The van der Waals surface area contributed by atoms with Gasteiger partial charge in [-0.15, -0.1) is 0 Å². The van der Waals surface area contributed by atoms with Gasteiger partial charge in [0.1, 0.15) is 23.8 Å². The van der Waals surface area contributed by atoms with Crippen LogP contribution in [0, 0.1) is 13.8 Å². The van der Waals surface area contributed by atoms with Crippen LogP contribution >= 0.6 is 0 Å². The third kappa shape index (κ3) is 3.28. The van der Waals surface area contributed by atoms with Crippen molar-refractivity contribution in [3.8, 4) is 11.5 Å². The molecule has 0 saturated carbocycles. The van der Waals surface area contributed by atoms with Crippen LogP contribution in [0.25, 0.3) is 0 Å². The van der Waals surface area contributed by atoms with E-state index in [-0.39, 0.29) is 12.3 Å². The second-order valence-electron chi connectivity index (χ2n) is 4.52. The molecule has 2 heterocycles. The highest BCUT2D eigenvalue weighted by Crippen LogP contribution is 2.24. The van der Waals surface area contributed by atoms with Crippen LogP contribution < -0.4 is 9.47 Å². The molecular formula is C15H16N2O4. The summed E-state index contributed by atoms with van der Waals surface area (Å²) in [6.07, 6.45) is 3.11. The number of hydrogen-bond acceptors (Lipinski definition) is 5. The Morgan fingerprint density at radius 3 is 2.57 bits per heavy atom. The number of methoxy groups -OCH3 is 1. The number of aromatic nitrogens is 2. The minimum atomic E-state index is -1.07. The molecule has 110 valence electrons. The molecule has 0 saturated heterocycles. The Labute approximate surface area is 122 Å². The van der Waals surface area contributed by atoms with Crippen molar-refractivity contribution in [2.75, 3.05) is 7.11 Å². The lowest BCUT2D eigenvalue weighted by Crippen LogP contribution is -2.05. The number of hydrogen-bond donors (Lipinski definition) is 1. The summed E-state index contributed by atoms with van der Waals surface area (Å²) in [5, 5.41) is 8.78. The molecule has 6 nitrogen and oxygen atoms in total. The van der Waals surface area contributed by atoms with E-state index in [4.69, 9.17) is 14.6 Å². The number of aryl methyl sites for hydroxylation is 1. The Morgan fingerprint density at radius 1 is 1.24 bits per heavy atom. The largest absolute Gasteiger partial charge is 0.496 e. The first kappa shape index (κ1) is 14.8. The number of carboxylic acid groups (broad SMARTS) is 1. The number of carbonyl (C=O) groups is 1. The van der Waals surface area contributed by atoms with Gasteiger partial charge in [0.2, 0.25) is 0 Å². The van der Waals surface area contributed by atoms with Gasteiger partial charge in [-0.05, 0) is 26.0 Å². The summed E-state index contributed by atoms with van der Waals surface area (Å²) in [6.45, 7) is 4.11. The van der Waals surface area contributed by atoms with Crippen LogP contribution in [0.15, 0.2) is 24.5 Å². The summed E-state index contributed by atoms with van der Waals surface area (Å²) in [7, 11) is 1.62. The van der Waals surface area contributed by atoms with Gasteiger partial charge in [0.15, 0.2) is 0 Å². The predicted octanol–water partition coefficient (Wildman–Crippen LogP) is 2.38. The fourth-order valence-corrected chi connectivity index (χ4v) is 1.96. The van der Waals surface area contributed by atoms with Gasteiger partial charge in [-0.25, -0.2) is 9.78 Å². The molecule has 0 radical (unpaired) electrons. The molecule has 0 spiro atoms. The third-order valence-electron chi connectivity index (χ3n) is 3.08. The van der Waals surface area contributed by atoms with E-state index in [1.807, 2.05) is 13.8 Å². The van der Waals surface area contributed by atoms with E-state index in [9.17, 15) is 4.79 Å². The van der Waals surface area contributed by atoms with Gasteiger partial charge < -0.3 is 14.6 Å². The first-order valence-corrected chi connectivity index (χ1v) is 6.34. The van der Waals surface area contributed by atoms with Crippen LogP contribution in [0.3, 0.4) is 0 Å². The average Bonchev–Trinajstić information content (AvgIpc) is 2.47. The lowest BCUT2D eigenvalue weighted by molar-refractivity contribution is 0.0690. The molecule has 21 heavy (non-hydrogen) atoms. The Hall–Kier alpha value is -2.63. The average molecular weight is 288 g/mol. The van der Waals surface area contributed by atoms with Crippen molar-refractivity contribution < 1.29 is 19.4 Å². The normalized spacial score (nSPS) is 10.2. The van der Waals surface area contributed by atoms with Crippen LogP contribution in [0.4, 0.5) is 0 Å². The van der Waals surface area contributed by atoms with Crippen LogP contribution in [-0.2, 0) is 6.61 Å². The van der Waals surface area contributed by atoms with Crippen molar-refractivity contribution in [2.24, 2.45) is 0 Å².